The molecular weight excluding hydrogens is 394 g/mol. The van der Waals surface area contributed by atoms with Gasteiger partial charge in [0.05, 0.1) is 12.2 Å². The molecule has 158 valence electrons. The van der Waals surface area contributed by atoms with E-state index in [0.29, 0.717) is 6.54 Å². The number of carbonyl (C=O) groups excluding carboxylic acids is 1. The van der Waals surface area contributed by atoms with Crippen molar-refractivity contribution >= 4 is 17.2 Å². The Balaban J connectivity index is 1.66. The van der Waals surface area contributed by atoms with Crippen molar-refractivity contribution in [2.75, 3.05) is 0 Å². The van der Waals surface area contributed by atoms with Crippen molar-refractivity contribution in [2.24, 2.45) is 0 Å². The molecular formula is C24H29N3O2S. The Hall–Kier alpha value is -2.73. The lowest BCUT2D eigenvalue weighted by molar-refractivity contribution is -0.127. The number of carbonyl (C=O) groups is 1. The van der Waals surface area contributed by atoms with Crippen LogP contribution in [0.15, 0.2) is 42.7 Å². The lowest BCUT2D eigenvalue weighted by atomic mass is 9.85. The Morgan fingerprint density at radius 3 is 2.67 bits per heavy atom. The zero-order chi connectivity index (χ0) is 21.9. The van der Waals surface area contributed by atoms with Crippen LogP contribution in [0.3, 0.4) is 0 Å². The topological polar surface area (TPSA) is 64.1 Å². The van der Waals surface area contributed by atoms with Crippen molar-refractivity contribution in [2.45, 2.75) is 59.6 Å². The Bertz CT molecular complexity index is 1020. The second-order valence-electron chi connectivity index (χ2n) is 8.50. The summed E-state index contributed by atoms with van der Waals surface area (Å²) in [6.45, 7) is 12.7. The predicted octanol–water partition coefficient (Wildman–Crippen LogP) is 5.20. The first-order chi connectivity index (χ1) is 14.1. The Morgan fingerprint density at radius 1 is 1.23 bits per heavy atom. The number of nitrogens with zero attached hydrogens (tertiary/aromatic N) is 2. The molecule has 0 radical (unpaired) electrons. The summed E-state index contributed by atoms with van der Waals surface area (Å²) in [6, 6.07) is 9.96. The summed E-state index contributed by atoms with van der Waals surface area (Å²) in [5.74, 6) is 0.606. The molecule has 1 N–H and O–H groups in total. The maximum Gasteiger partial charge on any atom is 0.261 e. The normalized spacial score (nSPS) is 12.5. The van der Waals surface area contributed by atoms with E-state index in [1.807, 2.05) is 31.2 Å². The summed E-state index contributed by atoms with van der Waals surface area (Å²) in [7, 11) is 0. The van der Waals surface area contributed by atoms with Crippen LogP contribution in [0.25, 0.3) is 10.6 Å². The zero-order valence-electron chi connectivity index (χ0n) is 18.4. The zero-order valence-corrected chi connectivity index (χ0v) is 19.3. The molecule has 0 aliphatic heterocycles. The van der Waals surface area contributed by atoms with Gasteiger partial charge in [-0.3, -0.25) is 9.78 Å². The average Bonchev–Trinajstić information content (AvgIpc) is 3.08. The number of nitrogens with one attached hydrogen (secondary N) is 1. The van der Waals surface area contributed by atoms with E-state index in [0.717, 1.165) is 32.5 Å². The molecule has 2 heterocycles. The van der Waals surface area contributed by atoms with Crippen molar-refractivity contribution in [3.63, 3.8) is 0 Å². The molecule has 3 aromatic rings. The summed E-state index contributed by atoms with van der Waals surface area (Å²) in [5, 5.41) is 3.89. The highest BCUT2D eigenvalue weighted by atomic mass is 32.1. The van der Waals surface area contributed by atoms with Crippen LogP contribution in [0.5, 0.6) is 5.75 Å². The molecule has 3 rings (SSSR count). The Labute approximate surface area is 182 Å². The van der Waals surface area contributed by atoms with Crippen LogP contribution in [-0.2, 0) is 16.8 Å². The molecule has 30 heavy (non-hydrogen) atoms. The minimum atomic E-state index is -0.597. The van der Waals surface area contributed by atoms with Crippen LogP contribution in [-0.4, -0.2) is 22.0 Å². The maximum atomic E-state index is 12.7. The molecule has 0 spiro atoms. The molecule has 0 saturated carbocycles. The van der Waals surface area contributed by atoms with E-state index in [1.165, 1.54) is 5.56 Å². The number of aryl methyl sites for hydroxylation is 2. The molecule has 1 aromatic carbocycles. The van der Waals surface area contributed by atoms with Crippen molar-refractivity contribution in [1.82, 2.24) is 15.3 Å². The fourth-order valence-corrected chi connectivity index (χ4v) is 4.08. The molecule has 0 aliphatic carbocycles. The van der Waals surface area contributed by atoms with Gasteiger partial charge < -0.3 is 10.1 Å². The number of rotatable bonds is 6. The standard InChI is InChI=1S/C24H29N3O2S/c1-15-9-10-20(19(12-15)24(4,5)6)29-17(3)22(28)26-14-21-16(2)27-23(30-21)18-8-7-11-25-13-18/h7-13,17H,14H2,1-6H3,(H,26,28). The molecule has 0 fully saturated rings. The van der Waals surface area contributed by atoms with E-state index in [-0.39, 0.29) is 11.3 Å². The molecule has 2 aromatic heterocycles. The summed E-state index contributed by atoms with van der Waals surface area (Å²) >= 11 is 1.57. The van der Waals surface area contributed by atoms with Gasteiger partial charge in [-0.1, -0.05) is 38.5 Å². The second kappa shape index (κ2) is 8.96. The molecule has 6 heteroatoms. The summed E-state index contributed by atoms with van der Waals surface area (Å²) < 4.78 is 6.05. The highest BCUT2D eigenvalue weighted by Gasteiger charge is 2.23. The maximum absolute atomic E-state index is 12.7. The molecule has 0 saturated heterocycles. The number of benzene rings is 1. The minimum absolute atomic E-state index is 0.0694. The number of aromatic nitrogens is 2. The molecule has 5 nitrogen and oxygen atoms in total. The predicted molar refractivity (Wildman–Crippen MR) is 122 cm³/mol. The van der Waals surface area contributed by atoms with Crippen LogP contribution < -0.4 is 10.1 Å². The van der Waals surface area contributed by atoms with E-state index in [1.54, 1.807) is 30.7 Å². The molecule has 1 unspecified atom stereocenters. The number of thiazole rings is 1. The van der Waals surface area contributed by atoms with Gasteiger partial charge in [-0.25, -0.2) is 4.98 Å². The second-order valence-corrected chi connectivity index (χ2v) is 9.58. The SMILES string of the molecule is Cc1ccc(OC(C)C(=O)NCc2sc(-c3cccnc3)nc2C)c(C(C)(C)C)c1. The van der Waals surface area contributed by atoms with E-state index in [9.17, 15) is 4.79 Å². The number of ether oxygens (including phenoxy) is 1. The van der Waals surface area contributed by atoms with Crippen molar-refractivity contribution < 1.29 is 9.53 Å². The van der Waals surface area contributed by atoms with Crippen LogP contribution in [0.1, 0.15) is 49.4 Å². The van der Waals surface area contributed by atoms with Crippen molar-refractivity contribution in [3.8, 4) is 16.3 Å². The van der Waals surface area contributed by atoms with Gasteiger partial charge >= 0.3 is 0 Å². The van der Waals surface area contributed by atoms with Crippen LogP contribution in [0.2, 0.25) is 0 Å². The molecule has 0 bridgehead atoms. The monoisotopic (exact) mass is 423 g/mol. The molecule has 1 amide bonds. The van der Waals surface area contributed by atoms with Gasteiger partial charge in [-0.2, -0.15) is 0 Å². The summed E-state index contributed by atoms with van der Waals surface area (Å²) in [4.78, 5) is 22.5. The van der Waals surface area contributed by atoms with Gasteiger partial charge in [0.25, 0.3) is 5.91 Å². The van der Waals surface area contributed by atoms with E-state index in [4.69, 9.17) is 4.74 Å². The van der Waals surface area contributed by atoms with Crippen molar-refractivity contribution in [3.05, 3.63) is 64.4 Å². The van der Waals surface area contributed by atoms with Gasteiger partial charge in [0.15, 0.2) is 6.10 Å². The molecule has 1 atom stereocenters. The first-order valence-corrected chi connectivity index (χ1v) is 10.9. The summed E-state index contributed by atoms with van der Waals surface area (Å²) in [5.41, 5.74) is 4.10. The lowest BCUT2D eigenvalue weighted by Gasteiger charge is -2.25. The lowest BCUT2D eigenvalue weighted by Crippen LogP contribution is -2.36. The number of pyridine rings is 1. The first kappa shape index (κ1) is 22.0. The fourth-order valence-electron chi connectivity index (χ4n) is 3.09. The van der Waals surface area contributed by atoms with Crippen LogP contribution in [0.4, 0.5) is 0 Å². The van der Waals surface area contributed by atoms with E-state index < -0.39 is 6.10 Å². The molecule has 0 aliphatic rings. The van der Waals surface area contributed by atoms with Crippen LogP contribution >= 0.6 is 11.3 Å². The van der Waals surface area contributed by atoms with E-state index >= 15 is 0 Å². The number of hydrogen-bond acceptors (Lipinski definition) is 5. The third-order valence-corrected chi connectivity index (χ3v) is 6.05. The number of hydrogen-bond donors (Lipinski definition) is 1. The minimum Gasteiger partial charge on any atom is -0.481 e. The van der Waals surface area contributed by atoms with Gasteiger partial charge in [-0.15, -0.1) is 11.3 Å². The smallest absolute Gasteiger partial charge is 0.261 e. The highest BCUT2D eigenvalue weighted by molar-refractivity contribution is 7.15. The van der Waals surface area contributed by atoms with Gasteiger partial charge in [0, 0.05) is 22.8 Å². The number of amides is 1. The van der Waals surface area contributed by atoms with Gasteiger partial charge in [0.2, 0.25) is 0 Å². The Kier molecular flexibility index (Phi) is 6.56. The Morgan fingerprint density at radius 2 is 2.00 bits per heavy atom. The highest BCUT2D eigenvalue weighted by Crippen LogP contribution is 2.33. The largest absolute Gasteiger partial charge is 0.481 e. The van der Waals surface area contributed by atoms with E-state index in [2.05, 4.69) is 49.0 Å². The van der Waals surface area contributed by atoms with Gasteiger partial charge in [0.1, 0.15) is 10.8 Å². The summed E-state index contributed by atoms with van der Waals surface area (Å²) in [6.07, 6.45) is 2.94. The average molecular weight is 424 g/mol. The quantitative estimate of drug-likeness (QED) is 0.592. The first-order valence-electron chi connectivity index (χ1n) is 10.1. The third kappa shape index (κ3) is 5.25. The van der Waals surface area contributed by atoms with Gasteiger partial charge in [-0.05, 0) is 49.9 Å². The third-order valence-electron chi connectivity index (χ3n) is 4.84. The fraction of sp³-hybridized carbons (Fsp3) is 0.375. The van der Waals surface area contributed by atoms with Crippen molar-refractivity contribution in [1.29, 1.82) is 0 Å². The van der Waals surface area contributed by atoms with Crippen LogP contribution in [0, 0.1) is 13.8 Å².